The summed E-state index contributed by atoms with van der Waals surface area (Å²) in [5, 5.41) is 5.13. The van der Waals surface area contributed by atoms with Crippen LogP contribution in [0.3, 0.4) is 0 Å². The van der Waals surface area contributed by atoms with Crippen molar-refractivity contribution in [3.63, 3.8) is 0 Å². The Hall–Kier alpha value is -1.59. The van der Waals surface area contributed by atoms with E-state index in [-0.39, 0.29) is 6.09 Å². The Morgan fingerprint density at radius 1 is 0.821 bits per heavy atom. The van der Waals surface area contributed by atoms with E-state index in [0.717, 1.165) is 12.7 Å². The smallest absolute Gasteiger partial charge is 0.407 e. The van der Waals surface area contributed by atoms with Crippen molar-refractivity contribution in [3.05, 3.63) is 0 Å². The number of amides is 2. The van der Waals surface area contributed by atoms with E-state index in [1.807, 2.05) is 20.8 Å². The first kappa shape index (κ1) is 28.6. The Kier molecular flexibility index (Phi) is 13.9. The van der Waals surface area contributed by atoms with E-state index < -0.39 is 27.3 Å². The first-order valence-corrected chi connectivity index (χ1v) is 11.0. The van der Waals surface area contributed by atoms with Crippen molar-refractivity contribution >= 4 is 22.2 Å². The fraction of sp³-hybridized carbons (Fsp3) is 0.882. The highest BCUT2D eigenvalue weighted by molar-refractivity contribution is 7.88. The van der Waals surface area contributed by atoms with Crippen molar-refractivity contribution in [2.75, 3.05) is 32.4 Å². The molecule has 0 saturated carbocycles. The minimum atomic E-state index is -3.15. The Morgan fingerprint density at radius 3 is 1.54 bits per heavy atom. The average Bonchev–Trinajstić information content (AvgIpc) is 2.42. The molecule has 0 aliphatic carbocycles. The molecule has 10 nitrogen and oxygen atoms in total. The van der Waals surface area contributed by atoms with Gasteiger partial charge in [-0.25, -0.2) is 22.7 Å². The van der Waals surface area contributed by atoms with Gasteiger partial charge >= 0.3 is 12.2 Å². The van der Waals surface area contributed by atoms with E-state index in [2.05, 4.69) is 15.4 Å². The number of sulfonamides is 1. The van der Waals surface area contributed by atoms with Crippen molar-refractivity contribution in [2.45, 2.75) is 65.6 Å². The molecule has 0 atom stereocenters. The molecule has 0 aromatic rings. The van der Waals surface area contributed by atoms with Crippen molar-refractivity contribution < 1.29 is 27.5 Å². The summed E-state index contributed by atoms with van der Waals surface area (Å²) in [5.74, 6) is 0. The lowest BCUT2D eigenvalue weighted by Crippen LogP contribution is -2.34. The van der Waals surface area contributed by atoms with Gasteiger partial charge in [0.25, 0.3) is 0 Å². The second kappa shape index (κ2) is 13.6. The Bertz CT molecular complexity index is 553. The molecule has 0 radical (unpaired) electrons. The van der Waals surface area contributed by atoms with Crippen LogP contribution in [0.2, 0.25) is 0 Å². The molecule has 11 heteroatoms. The second-order valence-electron chi connectivity index (χ2n) is 8.02. The van der Waals surface area contributed by atoms with Crippen LogP contribution < -0.4 is 21.1 Å². The number of nitrogens with two attached hydrogens (primary N) is 1. The summed E-state index contributed by atoms with van der Waals surface area (Å²) in [5.41, 5.74) is 4.31. The van der Waals surface area contributed by atoms with Crippen molar-refractivity contribution in [1.82, 2.24) is 15.4 Å². The molecule has 28 heavy (non-hydrogen) atoms. The van der Waals surface area contributed by atoms with Gasteiger partial charge in [0, 0.05) is 19.6 Å². The third kappa shape index (κ3) is 26.6. The predicted octanol–water partition coefficient (Wildman–Crippen LogP) is 1.31. The predicted molar refractivity (Wildman–Crippen MR) is 110 cm³/mol. The van der Waals surface area contributed by atoms with Crippen LogP contribution in [0, 0.1) is 0 Å². The second-order valence-corrected chi connectivity index (χ2v) is 9.85. The summed E-state index contributed by atoms with van der Waals surface area (Å²) in [7, 11) is -3.15. The van der Waals surface area contributed by atoms with Crippen LogP contribution in [0.1, 0.15) is 54.4 Å². The third-order valence-electron chi connectivity index (χ3n) is 2.44. The maximum absolute atomic E-state index is 11.1. The van der Waals surface area contributed by atoms with E-state index in [1.165, 1.54) is 0 Å². The van der Waals surface area contributed by atoms with Crippen LogP contribution in [0.5, 0.6) is 0 Å². The summed E-state index contributed by atoms with van der Waals surface area (Å²) in [6.07, 6.45) is 1.52. The summed E-state index contributed by atoms with van der Waals surface area (Å²) < 4.78 is 33.7. The molecule has 0 spiro atoms. The molecule has 0 heterocycles. The first-order valence-electron chi connectivity index (χ1n) is 9.14. The number of rotatable bonds is 8. The highest BCUT2D eigenvalue weighted by Crippen LogP contribution is 2.06. The molecule has 2 amide bonds. The van der Waals surface area contributed by atoms with Gasteiger partial charge in [-0.05, 0) is 60.9 Å². The fourth-order valence-corrected chi connectivity index (χ4v) is 1.97. The number of nitrogens with one attached hydrogen (secondary N) is 3. The SMILES string of the molecule is CC(C)(C)OC(=O)NCCCN.CC(C)(C)OC(=O)NCCCNS(C)(=O)=O. The summed E-state index contributed by atoms with van der Waals surface area (Å²) in [6.45, 7) is 12.6. The molecule has 0 aromatic carbocycles. The van der Waals surface area contributed by atoms with Gasteiger partial charge in [-0.1, -0.05) is 0 Å². The lowest BCUT2D eigenvalue weighted by Gasteiger charge is -2.19. The largest absolute Gasteiger partial charge is 0.444 e. The monoisotopic (exact) mass is 426 g/mol. The third-order valence-corrected chi connectivity index (χ3v) is 3.16. The number of hydrogen-bond acceptors (Lipinski definition) is 7. The minimum Gasteiger partial charge on any atom is -0.444 e. The molecule has 0 bridgehead atoms. The van der Waals surface area contributed by atoms with Gasteiger partial charge in [0.15, 0.2) is 0 Å². The van der Waals surface area contributed by atoms with Crippen LogP contribution in [0.15, 0.2) is 0 Å². The van der Waals surface area contributed by atoms with Crippen LogP contribution in [-0.4, -0.2) is 64.2 Å². The van der Waals surface area contributed by atoms with E-state index in [9.17, 15) is 18.0 Å². The van der Waals surface area contributed by atoms with Crippen LogP contribution in [0.4, 0.5) is 9.59 Å². The Balaban J connectivity index is 0. The number of hydrogen-bond donors (Lipinski definition) is 4. The molecule has 0 unspecified atom stereocenters. The zero-order valence-corrected chi connectivity index (χ0v) is 19.0. The van der Waals surface area contributed by atoms with E-state index in [0.29, 0.717) is 32.6 Å². The molecule has 0 saturated heterocycles. The summed E-state index contributed by atoms with van der Waals surface area (Å²) >= 11 is 0. The summed E-state index contributed by atoms with van der Waals surface area (Å²) in [4.78, 5) is 22.1. The van der Waals surface area contributed by atoms with Crippen molar-refractivity contribution in [2.24, 2.45) is 5.73 Å². The highest BCUT2D eigenvalue weighted by atomic mass is 32.2. The lowest BCUT2D eigenvalue weighted by molar-refractivity contribution is 0.0516. The van der Waals surface area contributed by atoms with Gasteiger partial charge < -0.3 is 25.8 Å². The molecule has 0 fully saturated rings. The highest BCUT2D eigenvalue weighted by Gasteiger charge is 2.16. The Labute approximate surface area is 169 Å². The molecule has 0 aliphatic heterocycles. The van der Waals surface area contributed by atoms with Crippen molar-refractivity contribution in [3.8, 4) is 0 Å². The minimum absolute atomic E-state index is 0.300. The van der Waals surface area contributed by atoms with Gasteiger partial charge in [0.1, 0.15) is 11.2 Å². The quantitative estimate of drug-likeness (QED) is 0.427. The average molecular weight is 427 g/mol. The van der Waals surface area contributed by atoms with Crippen LogP contribution in [-0.2, 0) is 19.5 Å². The summed E-state index contributed by atoms with van der Waals surface area (Å²) in [6, 6.07) is 0. The van der Waals surface area contributed by atoms with E-state index in [1.54, 1.807) is 20.8 Å². The van der Waals surface area contributed by atoms with E-state index in [4.69, 9.17) is 15.2 Å². The van der Waals surface area contributed by atoms with Crippen molar-refractivity contribution in [1.29, 1.82) is 0 Å². The molecule has 0 aliphatic rings. The Morgan fingerprint density at radius 2 is 1.21 bits per heavy atom. The lowest BCUT2D eigenvalue weighted by atomic mass is 10.2. The zero-order chi connectivity index (χ0) is 22.4. The van der Waals surface area contributed by atoms with Gasteiger partial charge in [0.05, 0.1) is 6.26 Å². The first-order chi connectivity index (χ1) is 12.6. The molecule has 168 valence electrons. The number of alkyl carbamates (subject to hydrolysis) is 2. The normalized spacial score (nSPS) is 11.7. The van der Waals surface area contributed by atoms with Gasteiger partial charge in [-0.2, -0.15) is 0 Å². The molecular weight excluding hydrogens is 388 g/mol. The molecular formula is C17H38N4O6S. The number of ether oxygens (including phenoxy) is 2. The maximum Gasteiger partial charge on any atom is 0.407 e. The fourth-order valence-electron chi connectivity index (χ4n) is 1.46. The maximum atomic E-state index is 11.1. The van der Waals surface area contributed by atoms with Gasteiger partial charge in [0.2, 0.25) is 10.0 Å². The molecule has 0 rings (SSSR count). The standard InChI is InChI=1S/C9H20N2O4S.C8H18N2O2/c1-9(2,3)15-8(12)10-6-5-7-11-16(4,13)14;1-8(2,3)12-7(11)10-6-4-5-9/h11H,5-7H2,1-4H3,(H,10,12);4-6,9H2,1-3H3,(H,10,11). The topological polar surface area (TPSA) is 149 Å². The zero-order valence-electron chi connectivity index (χ0n) is 18.2. The molecule has 0 aromatic heterocycles. The number of carbonyl (C=O) groups is 2. The van der Waals surface area contributed by atoms with Crippen LogP contribution in [0.25, 0.3) is 0 Å². The van der Waals surface area contributed by atoms with E-state index >= 15 is 0 Å². The number of carbonyl (C=O) groups excluding carboxylic acids is 2. The van der Waals surface area contributed by atoms with Gasteiger partial charge in [-0.15, -0.1) is 0 Å². The van der Waals surface area contributed by atoms with Crippen LogP contribution >= 0.6 is 0 Å². The molecule has 5 N–H and O–H groups in total. The van der Waals surface area contributed by atoms with Gasteiger partial charge in [-0.3, -0.25) is 0 Å².